The smallest absolute Gasteiger partial charge is 0.238 e. The first-order valence-electron chi connectivity index (χ1n) is 11.3. The van der Waals surface area contributed by atoms with Crippen molar-refractivity contribution in [3.05, 3.63) is 63.7 Å². The number of rotatable bonds is 8. The number of nitrogens with two attached hydrogens (primary N) is 1. The highest BCUT2D eigenvalue weighted by Crippen LogP contribution is 2.38. The first-order valence-corrected chi connectivity index (χ1v) is 12.6. The molecule has 0 aliphatic carbocycles. The van der Waals surface area contributed by atoms with Gasteiger partial charge in [-0.25, -0.2) is 4.98 Å². The van der Waals surface area contributed by atoms with Crippen molar-refractivity contribution in [2.24, 2.45) is 0 Å². The number of nitrogens with zero attached hydrogens (tertiary/aromatic N) is 3. The largest absolute Gasteiger partial charge is 0.495 e. The first-order chi connectivity index (χ1) is 17.3. The van der Waals surface area contributed by atoms with Crippen LogP contribution in [0.15, 0.2) is 41.4 Å². The van der Waals surface area contributed by atoms with Gasteiger partial charge in [-0.3, -0.25) is 4.79 Å². The van der Waals surface area contributed by atoms with E-state index in [0.29, 0.717) is 39.0 Å². The Morgan fingerprint density at radius 2 is 1.86 bits per heavy atom. The van der Waals surface area contributed by atoms with E-state index in [1.807, 2.05) is 45.0 Å². The van der Waals surface area contributed by atoms with E-state index in [4.69, 9.17) is 22.1 Å². The number of halogens is 1. The second-order valence-electron chi connectivity index (χ2n) is 8.01. The molecule has 0 bridgehead atoms. The molecule has 9 heteroatoms. The number of pyridine rings is 1. The predicted molar refractivity (Wildman–Crippen MR) is 144 cm³/mol. The Morgan fingerprint density at radius 3 is 2.42 bits per heavy atom. The number of benzene rings is 2. The van der Waals surface area contributed by atoms with Gasteiger partial charge in [-0.05, 0) is 42.5 Å². The molecule has 1 aromatic heterocycles. The lowest BCUT2D eigenvalue weighted by Crippen LogP contribution is -2.25. The third-order valence-electron chi connectivity index (χ3n) is 5.72. The highest BCUT2D eigenvalue weighted by molar-refractivity contribution is 8.00. The van der Waals surface area contributed by atoms with Crippen LogP contribution in [-0.4, -0.2) is 23.3 Å². The number of methoxy groups -OCH3 is 1. The number of ether oxygens (including phenoxy) is 1. The fraction of sp³-hybridized carbons (Fsp3) is 0.259. The molecule has 7 nitrogen and oxygen atoms in total. The van der Waals surface area contributed by atoms with Crippen LogP contribution >= 0.6 is 23.4 Å². The van der Waals surface area contributed by atoms with Gasteiger partial charge in [0.15, 0.2) is 0 Å². The van der Waals surface area contributed by atoms with Crippen molar-refractivity contribution in [1.82, 2.24) is 4.98 Å². The minimum Gasteiger partial charge on any atom is -0.495 e. The lowest BCUT2D eigenvalue weighted by Gasteiger charge is -2.19. The number of nitrogens with one attached hydrogen (secondary N) is 1. The molecule has 1 amide bonds. The molecule has 3 rings (SSSR count). The number of aromatic nitrogens is 1. The zero-order valence-electron chi connectivity index (χ0n) is 20.5. The van der Waals surface area contributed by atoms with Gasteiger partial charge in [0.05, 0.1) is 23.6 Å². The van der Waals surface area contributed by atoms with Crippen LogP contribution in [0.1, 0.15) is 42.5 Å². The highest BCUT2D eigenvalue weighted by atomic mass is 35.5. The van der Waals surface area contributed by atoms with E-state index in [-0.39, 0.29) is 22.9 Å². The SMILES string of the molecule is CCc1ccc(-c2c(C#N)c(N)nc(SC(CC)C(=O)Nc3cc(C)c(Cl)cc3OC)c2C#N)cc1. The van der Waals surface area contributed by atoms with Crippen LogP contribution in [0.4, 0.5) is 11.5 Å². The number of hydrogen-bond donors (Lipinski definition) is 2. The maximum absolute atomic E-state index is 13.2. The van der Waals surface area contributed by atoms with E-state index < -0.39 is 5.25 Å². The summed E-state index contributed by atoms with van der Waals surface area (Å²) in [5, 5.41) is 23.0. The number of carbonyl (C=O) groups excluding carboxylic acids is 1. The van der Waals surface area contributed by atoms with E-state index in [9.17, 15) is 15.3 Å². The number of nitriles is 2. The molecule has 184 valence electrons. The zero-order chi connectivity index (χ0) is 26.4. The van der Waals surface area contributed by atoms with Crippen LogP contribution < -0.4 is 15.8 Å². The molecule has 1 heterocycles. The molecule has 3 N–H and O–H groups in total. The summed E-state index contributed by atoms with van der Waals surface area (Å²) in [6.45, 7) is 5.75. The second-order valence-corrected chi connectivity index (χ2v) is 9.61. The molecule has 0 aliphatic rings. The molecule has 0 aliphatic heterocycles. The number of aryl methyl sites for hydroxylation is 2. The van der Waals surface area contributed by atoms with Gasteiger partial charge >= 0.3 is 0 Å². The number of amides is 1. The molecule has 0 spiro atoms. The van der Waals surface area contributed by atoms with Crippen molar-refractivity contribution < 1.29 is 9.53 Å². The number of hydrogen-bond acceptors (Lipinski definition) is 7. The quantitative estimate of drug-likeness (QED) is 0.343. The summed E-state index contributed by atoms with van der Waals surface area (Å²) in [5.41, 5.74) is 10.0. The summed E-state index contributed by atoms with van der Waals surface area (Å²) in [4.78, 5) is 17.6. The van der Waals surface area contributed by atoms with Gasteiger partial charge in [0.1, 0.15) is 34.3 Å². The van der Waals surface area contributed by atoms with Gasteiger partial charge in [-0.2, -0.15) is 10.5 Å². The van der Waals surface area contributed by atoms with E-state index in [0.717, 1.165) is 29.3 Å². The van der Waals surface area contributed by atoms with Crippen molar-refractivity contribution in [3.63, 3.8) is 0 Å². The molecule has 0 saturated carbocycles. The molecule has 2 aromatic carbocycles. The van der Waals surface area contributed by atoms with Crippen LogP contribution in [0.25, 0.3) is 11.1 Å². The van der Waals surface area contributed by atoms with Crippen molar-refractivity contribution in [3.8, 4) is 29.0 Å². The number of carbonyl (C=O) groups is 1. The Bertz CT molecular complexity index is 1380. The predicted octanol–water partition coefficient (Wildman–Crippen LogP) is 6.12. The Hall–Kier alpha value is -3.72. The van der Waals surface area contributed by atoms with Crippen molar-refractivity contribution in [1.29, 1.82) is 10.5 Å². The monoisotopic (exact) mass is 519 g/mol. The van der Waals surface area contributed by atoms with Gasteiger partial charge in [-0.1, -0.05) is 61.5 Å². The van der Waals surface area contributed by atoms with Gasteiger partial charge < -0.3 is 15.8 Å². The van der Waals surface area contributed by atoms with Gasteiger partial charge in [0, 0.05) is 16.7 Å². The molecule has 3 aromatic rings. The molecule has 0 fully saturated rings. The summed E-state index contributed by atoms with van der Waals surface area (Å²) in [6.07, 6.45) is 1.32. The minimum absolute atomic E-state index is 0.0128. The van der Waals surface area contributed by atoms with E-state index in [1.54, 1.807) is 12.1 Å². The molecule has 36 heavy (non-hydrogen) atoms. The Labute approximate surface area is 220 Å². The summed E-state index contributed by atoms with van der Waals surface area (Å²) in [6, 6.07) is 15.3. The average molecular weight is 520 g/mol. The lowest BCUT2D eigenvalue weighted by molar-refractivity contribution is -0.115. The Morgan fingerprint density at radius 1 is 1.19 bits per heavy atom. The van der Waals surface area contributed by atoms with Crippen molar-refractivity contribution >= 4 is 40.8 Å². The maximum atomic E-state index is 13.2. The fourth-order valence-electron chi connectivity index (χ4n) is 3.68. The van der Waals surface area contributed by atoms with Crippen LogP contribution in [0.2, 0.25) is 5.02 Å². The number of nitrogen functional groups attached to an aromatic ring is 1. The van der Waals surface area contributed by atoms with E-state index in [2.05, 4.69) is 22.4 Å². The molecule has 0 saturated heterocycles. The first kappa shape index (κ1) is 26.9. The Kier molecular flexibility index (Phi) is 8.82. The molecule has 1 unspecified atom stereocenters. The van der Waals surface area contributed by atoms with Crippen LogP contribution in [0.5, 0.6) is 5.75 Å². The van der Waals surface area contributed by atoms with Crippen molar-refractivity contribution in [2.75, 3.05) is 18.2 Å². The second kappa shape index (κ2) is 11.8. The zero-order valence-corrected chi connectivity index (χ0v) is 22.0. The summed E-state index contributed by atoms with van der Waals surface area (Å²) < 4.78 is 5.36. The summed E-state index contributed by atoms with van der Waals surface area (Å²) in [5.74, 6) is 0.166. The Balaban J connectivity index is 2.02. The van der Waals surface area contributed by atoms with Gasteiger partial charge in [0.2, 0.25) is 5.91 Å². The topological polar surface area (TPSA) is 125 Å². The van der Waals surface area contributed by atoms with Crippen molar-refractivity contribution in [2.45, 2.75) is 43.9 Å². The third-order valence-corrected chi connectivity index (χ3v) is 7.48. The summed E-state index contributed by atoms with van der Waals surface area (Å²) in [7, 11) is 1.50. The molecule has 1 atom stereocenters. The molecular weight excluding hydrogens is 494 g/mol. The van der Waals surface area contributed by atoms with E-state index in [1.165, 1.54) is 7.11 Å². The number of thioether (sulfide) groups is 1. The normalized spacial score (nSPS) is 11.3. The van der Waals surface area contributed by atoms with Crippen LogP contribution in [0, 0.1) is 29.6 Å². The molecular formula is C27H26ClN5O2S. The standard InChI is InChI=1S/C27H26ClN5O2S/c1-5-16-7-9-17(10-8-16)24-18(13-29)25(31)33-27(19(24)14-30)36-23(6-2)26(34)32-21-11-15(3)20(28)12-22(21)35-4/h7-12,23H,5-6H2,1-4H3,(H2,31,33)(H,32,34). The molecule has 0 radical (unpaired) electrons. The minimum atomic E-state index is -0.590. The van der Waals surface area contributed by atoms with E-state index >= 15 is 0 Å². The maximum Gasteiger partial charge on any atom is 0.238 e. The number of anilines is 2. The lowest BCUT2D eigenvalue weighted by atomic mass is 9.96. The summed E-state index contributed by atoms with van der Waals surface area (Å²) >= 11 is 7.32. The average Bonchev–Trinajstić information content (AvgIpc) is 2.88. The highest BCUT2D eigenvalue weighted by Gasteiger charge is 2.26. The van der Waals surface area contributed by atoms with Gasteiger partial charge in [0.25, 0.3) is 0 Å². The van der Waals surface area contributed by atoms with Gasteiger partial charge in [-0.15, -0.1) is 0 Å². The third kappa shape index (κ3) is 5.57. The fourth-order valence-corrected chi connectivity index (χ4v) is 4.85. The van der Waals surface area contributed by atoms with Crippen LogP contribution in [0.3, 0.4) is 0 Å². The van der Waals surface area contributed by atoms with Crippen LogP contribution in [-0.2, 0) is 11.2 Å².